The normalized spacial score (nSPS) is 41.8. The van der Waals surface area contributed by atoms with Gasteiger partial charge in [0.2, 0.25) is 0 Å². The highest BCUT2D eigenvalue weighted by molar-refractivity contribution is 5.77. The van der Waals surface area contributed by atoms with Crippen molar-refractivity contribution in [2.75, 3.05) is 7.11 Å². The number of rotatable bonds is 10. The minimum atomic E-state index is -0.639. The summed E-state index contributed by atoms with van der Waals surface area (Å²) in [7, 11) is 1.33. The van der Waals surface area contributed by atoms with Gasteiger partial charge in [0, 0.05) is 5.92 Å². The number of methoxy groups -OCH3 is 1. The molecule has 4 aliphatic rings. The Morgan fingerprint density at radius 3 is 2.29 bits per heavy atom. The van der Waals surface area contributed by atoms with Crippen molar-refractivity contribution in [3.63, 3.8) is 0 Å². The van der Waals surface area contributed by atoms with Crippen LogP contribution in [0.1, 0.15) is 124 Å². The molecule has 0 spiro atoms. The largest absolute Gasteiger partial charge is 0.469 e. The molecule has 4 rings (SSSR count). The molecule has 0 aliphatic heterocycles. The molecule has 0 unspecified atom stereocenters. The molecule has 0 aromatic rings. The lowest BCUT2D eigenvalue weighted by Gasteiger charge is -2.63. The molecule has 0 bridgehead atoms. The smallest absolute Gasteiger partial charge is 0.306 e. The predicted octanol–water partition coefficient (Wildman–Crippen LogP) is 6.20. The summed E-state index contributed by atoms with van der Waals surface area (Å²) >= 11 is 0. The Bertz CT molecular complexity index is 840. The molecule has 0 heterocycles. The van der Waals surface area contributed by atoms with E-state index in [4.69, 9.17) is 9.47 Å². The number of carbonyl (C=O) groups excluding carboxylic acids is 2. The molecule has 0 aromatic carbocycles. The Kier molecular flexibility index (Phi) is 9.24. The first-order valence-corrected chi connectivity index (χ1v) is 15.6. The van der Waals surface area contributed by atoms with Crippen LogP contribution >= 0.6 is 0 Å². The summed E-state index contributed by atoms with van der Waals surface area (Å²) in [5, 5.41) is 22.4. The maximum Gasteiger partial charge on any atom is 0.306 e. The lowest BCUT2D eigenvalue weighted by atomic mass is 9.43. The Hall–Kier alpha value is -1.14. The zero-order valence-corrected chi connectivity index (χ0v) is 24.7. The van der Waals surface area contributed by atoms with Crippen LogP contribution < -0.4 is 0 Å². The van der Waals surface area contributed by atoms with E-state index in [9.17, 15) is 19.8 Å². The highest BCUT2D eigenvalue weighted by atomic mass is 16.5. The molecule has 218 valence electrons. The zero-order valence-electron chi connectivity index (χ0n) is 24.7. The van der Waals surface area contributed by atoms with Gasteiger partial charge in [0.05, 0.1) is 31.7 Å². The molecular formula is C32H54O6. The minimum absolute atomic E-state index is 0.0351. The van der Waals surface area contributed by atoms with Crippen LogP contribution in [0.4, 0.5) is 0 Å². The fourth-order valence-corrected chi connectivity index (χ4v) is 10.0. The Morgan fingerprint density at radius 1 is 0.895 bits per heavy atom. The number of unbranched alkanes of at least 4 members (excludes halogenated alkanes) is 3. The number of aliphatic hydroxyl groups excluding tert-OH is 1. The summed E-state index contributed by atoms with van der Waals surface area (Å²) in [6.45, 7) is 9.16. The van der Waals surface area contributed by atoms with Gasteiger partial charge in [-0.1, -0.05) is 46.5 Å². The number of aliphatic hydroxyl groups is 2. The van der Waals surface area contributed by atoms with Crippen molar-refractivity contribution in [2.45, 2.75) is 142 Å². The molecule has 0 saturated heterocycles. The van der Waals surface area contributed by atoms with E-state index in [0.29, 0.717) is 30.1 Å². The summed E-state index contributed by atoms with van der Waals surface area (Å²) in [6.07, 6.45) is 13.0. The molecule has 38 heavy (non-hydrogen) atoms. The summed E-state index contributed by atoms with van der Waals surface area (Å²) in [4.78, 5) is 24.5. The van der Waals surface area contributed by atoms with E-state index in [1.165, 1.54) is 26.4 Å². The van der Waals surface area contributed by atoms with E-state index in [0.717, 1.165) is 57.8 Å². The highest BCUT2D eigenvalue weighted by Crippen LogP contribution is 2.69. The van der Waals surface area contributed by atoms with Gasteiger partial charge in [-0.2, -0.15) is 0 Å². The zero-order chi connectivity index (χ0) is 27.7. The van der Waals surface area contributed by atoms with Crippen LogP contribution in [0.5, 0.6) is 0 Å². The minimum Gasteiger partial charge on any atom is -0.469 e. The SMILES string of the molecule is CCCCCC[C@](C)(O)[C@H]1CC[C@H]2[C@@H]3C[C@H](OC(=O)CCC(=O)OC)[C@H]4C[C@@H](O)CC[C@]4(C)[C@H]3CC[C@@]21C. The van der Waals surface area contributed by atoms with Crippen molar-refractivity contribution < 1.29 is 29.3 Å². The molecule has 0 aromatic heterocycles. The fourth-order valence-electron chi connectivity index (χ4n) is 10.0. The second-order valence-electron chi connectivity index (χ2n) is 14.1. The maximum atomic E-state index is 12.8. The summed E-state index contributed by atoms with van der Waals surface area (Å²) < 4.78 is 10.9. The molecule has 4 fully saturated rings. The first-order chi connectivity index (χ1) is 18.0. The Balaban J connectivity index is 1.54. The number of hydrogen-bond donors (Lipinski definition) is 2. The van der Waals surface area contributed by atoms with Crippen molar-refractivity contribution in [2.24, 2.45) is 40.4 Å². The fraction of sp³-hybridized carbons (Fsp3) is 0.938. The number of hydrogen-bond acceptors (Lipinski definition) is 6. The van der Waals surface area contributed by atoms with Gasteiger partial charge in [-0.05, 0) is 99.2 Å². The molecular weight excluding hydrogens is 480 g/mol. The number of ether oxygens (including phenoxy) is 2. The first kappa shape index (κ1) is 29.8. The van der Waals surface area contributed by atoms with Gasteiger partial charge in [-0.15, -0.1) is 0 Å². The van der Waals surface area contributed by atoms with Crippen molar-refractivity contribution in [1.82, 2.24) is 0 Å². The van der Waals surface area contributed by atoms with Crippen LogP contribution in [0.25, 0.3) is 0 Å². The molecule has 2 N–H and O–H groups in total. The average Bonchev–Trinajstić information content (AvgIpc) is 3.24. The molecule has 0 amide bonds. The summed E-state index contributed by atoms with van der Waals surface area (Å²) in [5.41, 5.74) is -0.496. The standard InChI is InChI=1S/C32H54O6/c1-6-7-8-9-16-32(4,36)27-11-10-23-22-20-26(38-29(35)13-12-28(34)37-5)25-19-21(33)14-17-30(25,2)24(22)15-18-31(23,27)3/h21-27,33,36H,6-20H2,1-5H3/t21-,22-,23-,24-,25+,26-,27-,30+,31-,32-/m0/s1. The van der Waals surface area contributed by atoms with Gasteiger partial charge < -0.3 is 19.7 Å². The van der Waals surface area contributed by atoms with Gasteiger partial charge in [0.15, 0.2) is 0 Å². The third-order valence-corrected chi connectivity index (χ3v) is 12.0. The van der Waals surface area contributed by atoms with Crippen LogP contribution in [0.15, 0.2) is 0 Å². The predicted molar refractivity (Wildman–Crippen MR) is 147 cm³/mol. The number of esters is 2. The van der Waals surface area contributed by atoms with E-state index < -0.39 is 11.6 Å². The lowest BCUT2D eigenvalue weighted by molar-refractivity contribution is -0.197. The summed E-state index contributed by atoms with van der Waals surface area (Å²) in [6, 6.07) is 0. The van der Waals surface area contributed by atoms with E-state index in [1.54, 1.807) is 0 Å². The molecule has 6 heteroatoms. The third-order valence-electron chi connectivity index (χ3n) is 12.0. The third kappa shape index (κ3) is 5.68. The van der Waals surface area contributed by atoms with Gasteiger partial charge in [0.1, 0.15) is 6.10 Å². The van der Waals surface area contributed by atoms with Crippen LogP contribution in [0.2, 0.25) is 0 Å². The van der Waals surface area contributed by atoms with E-state index in [-0.39, 0.29) is 47.8 Å². The summed E-state index contributed by atoms with van der Waals surface area (Å²) in [5.74, 6) is 1.28. The monoisotopic (exact) mass is 534 g/mol. The van der Waals surface area contributed by atoms with Gasteiger partial charge in [-0.25, -0.2) is 0 Å². The maximum absolute atomic E-state index is 12.8. The van der Waals surface area contributed by atoms with Gasteiger partial charge in [-0.3, -0.25) is 9.59 Å². The lowest BCUT2D eigenvalue weighted by Crippen LogP contribution is -2.59. The van der Waals surface area contributed by atoms with Crippen molar-refractivity contribution in [3.8, 4) is 0 Å². The van der Waals surface area contributed by atoms with Gasteiger partial charge >= 0.3 is 11.9 Å². The quantitative estimate of drug-likeness (QED) is 0.256. The average molecular weight is 535 g/mol. The molecule has 10 atom stereocenters. The Labute approximate surface area is 230 Å². The molecule has 4 saturated carbocycles. The topological polar surface area (TPSA) is 93.1 Å². The van der Waals surface area contributed by atoms with E-state index >= 15 is 0 Å². The van der Waals surface area contributed by atoms with Crippen molar-refractivity contribution in [1.29, 1.82) is 0 Å². The number of carbonyl (C=O) groups is 2. The second-order valence-corrected chi connectivity index (χ2v) is 14.1. The van der Waals surface area contributed by atoms with Crippen LogP contribution in [-0.2, 0) is 19.1 Å². The molecule has 6 nitrogen and oxygen atoms in total. The van der Waals surface area contributed by atoms with Crippen molar-refractivity contribution in [3.05, 3.63) is 0 Å². The van der Waals surface area contributed by atoms with Crippen molar-refractivity contribution >= 4 is 11.9 Å². The van der Waals surface area contributed by atoms with E-state index in [1.807, 2.05) is 0 Å². The molecule has 0 radical (unpaired) electrons. The van der Waals surface area contributed by atoms with Gasteiger partial charge in [0.25, 0.3) is 0 Å². The molecule has 4 aliphatic carbocycles. The van der Waals surface area contributed by atoms with Crippen LogP contribution in [0.3, 0.4) is 0 Å². The Morgan fingerprint density at radius 2 is 1.58 bits per heavy atom. The number of fused-ring (bicyclic) bond motifs is 5. The highest BCUT2D eigenvalue weighted by Gasteiger charge is 2.64. The van der Waals surface area contributed by atoms with E-state index in [2.05, 4.69) is 27.7 Å². The van der Waals surface area contributed by atoms with Crippen LogP contribution in [0, 0.1) is 40.4 Å². The second kappa shape index (κ2) is 11.8. The first-order valence-electron chi connectivity index (χ1n) is 15.6. The van der Waals surface area contributed by atoms with Crippen LogP contribution in [-0.4, -0.2) is 47.1 Å².